The zero-order valence-corrected chi connectivity index (χ0v) is 15.9. The van der Waals surface area contributed by atoms with Crippen molar-refractivity contribution in [2.75, 3.05) is 0 Å². The van der Waals surface area contributed by atoms with E-state index in [0.29, 0.717) is 23.6 Å². The number of pyridine rings is 1. The molecule has 4 rings (SSSR count). The molecule has 29 heavy (non-hydrogen) atoms. The van der Waals surface area contributed by atoms with Crippen molar-refractivity contribution in [1.82, 2.24) is 9.38 Å². The number of rotatable bonds is 4. The summed E-state index contributed by atoms with van der Waals surface area (Å²) < 4.78 is 46.4. The lowest BCUT2D eigenvalue weighted by molar-refractivity contribution is -0.137. The minimum atomic E-state index is -4.40. The van der Waals surface area contributed by atoms with Gasteiger partial charge in [0.05, 0.1) is 18.8 Å². The van der Waals surface area contributed by atoms with E-state index < -0.39 is 11.7 Å². The first-order valence-electron chi connectivity index (χ1n) is 8.76. The summed E-state index contributed by atoms with van der Waals surface area (Å²) in [7, 11) is 0. The summed E-state index contributed by atoms with van der Waals surface area (Å²) in [4.78, 5) is 5.66. The Morgan fingerprint density at radius 1 is 1.00 bits per heavy atom. The fourth-order valence-electron chi connectivity index (χ4n) is 2.83. The van der Waals surface area contributed by atoms with Gasteiger partial charge < -0.3 is 4.74 Å². The second kappa shape index (κ2) is 8.11. The van der Waals surface area contributed by atoms with Crippen LogP contribution in [0, 0.1) is 11.8 Å². The molecule has 0 radical (unpaired) electrons. The van der Waals surface area contributed by atoms with Gasteiger partial charge in [0.25, 0.3) is 0 Å². The van der Waals surface area contributed by atoms with Crippen molar-refractivity contribution in [3.05, 3.63) is 93.6 Å². The Bertz CT molecular complexity index is 1180. The summed E-state index contributed by atoms with van der Waals surface area (Å²) in [5.41, 5.74) is 1.52. The van der Waals surface area contributed by atoms with Crippen molar-refractivity contribution in [3.63, 3.8) is 0 Å². The van der Waals surface area contributed by atoms with Crippen LogP contribution in [-0.4, -0.2) is 9.38 Å². The Labute approximate surface area is 169 Å². The first-order valence-corrected chi connectivity index (χ1v) is 9.64. The van der Waals surface area contributed by atoms with Crippen LogP contribution in [0.15, 0.2) is 66.2 Å². The highest BCUT2D eigenvalue weighted by molar-refractivity contribution is 7.09. The van der Waals surface area contributed by atoms with Gasteiger partial charge in [-0.3, -0.25) is 4.40 Å². The van der Waals surface area contributed by atoms with E-state index in [2.05, 4.69) is 16.8 Å². The molecule has 0 saturated heterocycles. The number of ether oxygens (including phenoxy) is 1. The quantitative estimate of drug-likeness (QED) is 0.412. The van der Waals surface area contributed by atoms with Gasteiger partial charge in [-0.1, -0.05) is 24.1 Å². The molecule has 3 heterocycles. The lowest BCUT2D eigenvalue weighted by Crippen LogP contribution is -2.04. The number of thiophene rings is 1. The number of hydrogen-bond acceptors (Lipinski definition) is 3. The Morgan fingerprint density at radius 3 is 2.69 bits per heavy atom. The second-order valence-corrected chi connectivity index (χ2v) is 7.27. The molecule has 0 aliphatic heterocycles. The molecule has 3 aromatic heterocycles. The molecule has 0 amide bonds. The molecule has 0 saturated carbocycles. The van der Waals surface area contributed by atoms with Gasteiger partial charge >= 0.3 is 6.18 Å². The summed E-state index contributed by atoms with van der Waals surface area (Å²) in [6.07, 6.45) is -2.58. The molecule has 7 heteroatoms. The molecule has 0 bridgehead atoms. The van der Waals surface area contributed by atoms with Crippen LogP contribution >= 0.6 is 11.3 Å². The predicted octanol–water partition coefficient (Wildman–Crippen LogP) is 5.53. The smallest absolute Gasteiger partial charge is 0.370 e. The fourth-order valence-corrected chi connectivity index (χ4v) is 3.47. The van der Waals surface area contributed by atoms with Crippen LogP contribution in [0.1, 0.15) is 27.4 Å². The van der Waals surface area contributed by atoms with E-state index >= 15 is 0 Å². The number of halogens is 3. The van der Waals surface area contributed by atoms with E-state index in [1.165, 1.54) is 6.07 Å². The Morgan fingerprint density at radius 2 is 1.90 bits per heavy atom. The summed E-state index contributed by atoms with van der Waals surface area (Å²) in [6, 6.07) is 14.5. The number of nitrogens with zero attached hydrogens (tertiary/aromatic N) is 2. The maximum atomic E-state index is 12.9. The van der Waals surface area contributed by atoms with Gasteiger partial charge in [0.2, 0.25) is 0 Å². The Kier molecular flexibility index (Phi) is 5.38. The number of alkyl halides is 3. The van der Waals surface area contributed by atoms with Crippen molar-refractivity contribution in [2.24, 2.45) is 0 Å². The monoisotopic (exact) mass is 412 g/mol. The average Bonchev–Trinajstić information content (AvgIpc) is 3.34. The van der Waals surface area contributed by atoms with Crippen molar-refractivity contribution in [2.45, 2.75) is 19.4 Å². The number of imidazole rings is 1. The molecule has 0 unspecified atom stereocenters. The maximum Gasteiger partial charge on any atom is 0.416 e. The zero-order valence-electron chi connectivity index (χ0n) is 15.1. The Hall–Kier alpha value is -3.08. The van der Waals surface area contributed by atoms with Gasteiger partial charge in [-0.05, 0) is 47.7 Å². The minimum absolute atomic E-state index is 0.256. The van der Waals surface area contributed by atoms with Gasteiger partial charge in [-0.2, -0.15) is 13.2 Å². The standard InChI is InChI=1S/C22H15F3N2OS/c23-22(24,25)17-6-3-5-16(13-17)9-10-20-19(15-28-14-18-7-4-12-29-18)26-21-8-1-2-11-27(20)21/h1-8,11-13H,14-15H2. The second-order valence-electron chi connectivity index (χ2n) is 6.24. The van der Waals surface area contributed by atoms with Crippen LogP contribution in [0.5, 0.6) is 0 Å². The predicted molar refractivity (Wildman–Crippen MR) is 105 cm³/mol. The van der Waals surface area contributed by atoms with Gasteiger partial charge in [-0.15, -0.1) is 11.3 Å². The van der Waals surface area contributed by atoms with Crippen LogP contribution in [-0.2, 0) is 24.1 Å². The molecule has 3 nitrogen and oxygen atoms in total. The normalized spacial score (nSPS) is 11.4. The molecule has 4 aromatic rings. The number of fused-ring (bicyclic) bond motifs is 1. The molecular formula is C22H15F3N2OS. The highest BCUT2D eigenvalue weighted by atomic mass is 32.1. The van der Waals surface area contributed by atoms with Gasteiger partial charge in [0.15, 0.2) is 0 Å². The van der Waals surface area contributed by atoms with Crippen LogP contribution < -0.4 is 0 Å². The largest absolute Gasteiger partial charge is 0.416 e. The van der Waals surface area contributed by atoms with Crippen LogP contribution in [0.3, 0.4) is 0 Å². The molecule has 0 atom stereocenters. The number of hydrogen-bond donors (Lipinski definition) is 0. The van der Waals surface area contributed by atoms with Crippen molar-refractivity contribution < 1.29 is 17.9 Å². The van der Waals surface area contributed by atoms with Crippen LogP contribution in [0.2, 0.25) is 0 Å². The number of aromatic nitrogens is 2. The van der Waals surface area contributed by atoms with E-state index in [-0.39, 0.29) is 12.2 Å². The first-order chi connectivity index (χ1) is 14.0. The van der Waals surface area contributed by atoms with Crippen molar-refractivity contribution in [1.29, 1.82) is 0 Å². The molecule has 0 spiro atoms. The summed E-state index contributed by atoms with van der Waals surface area (Å²) >= 11 is 1.61. The summed E-state index contributed by atoms with van der Waals surface area (Å²) in [5.74, 6) is 5.81. The topological polar surface area (TPSA) is 26.5 Å². The first kappa shape index (κ1) is 19.2. The third kappa shape index (κ3) is 4.50. The molecule has 146 valence electrons. The highest BCUT2D eigenvalue weighted by Crippen LogP contribution is 2.29. The molecule has 0 aliphatic carbocycles. The van der Waals surface area contributed by atoms with E-state index in [1.54, 1.807) is 17.4 Å². The molecular weight excluding hydrogens is 397 g/mol. The minimum Gasteiger partial charge on any atom is -0.370 e. The summed E-state index contributed by atoms with van der Waals surface area (Å²) in [6.45, 7) is 0.720. The average molecular weight is 412 g/mol. The third-order valence-corrected chi connectivity index (χ3v) is 5.03. The van der Waals surface area contributed by atoms with E-state index in [4.69, 9.17) is 4.74 Å². The third-order valence-electron chi connectivity index (χ3n) is 4.18. The fraction of sp³-hybridized carbons (Fsp3) is 0.136. The highest BCUT2D eigenvalue weighted by Gasteiger charge is 2.30. The van der Waals surface area contributed by atoms with E-state index in [0.717, 1.165) is 17.0 Å². The molecule has 0 N–H and O–H groups in total. The SMILES string of the molecule is FC(F)(F)c1cccc(C#Cc2c(COCc3cccs3)nc3ccccn23)c1. The summed E-state index contributed by atoms with van der Waals surface area (Å²) in [5, 5.41) is 1.98. The lowest BCUT2D eigenvalue weighted by Gasteiger charge is -2.05. The lowest BCUT2D eigenvalue weighted by atomic mass is 10.1. The van der Waals surface area contributed by atoms with E-state index in [9.17, 15) is 13.2 Å². The van der Waals surface area contributed by atoms with Crippen LogP contribution in [0.25, 0.3) is 5.65 Å². The molecule has 0 aliphatic rings. The molecule has 0 fully saturated rings. The maximum absolute atomic E-state index is 12.9. The van der Waals surface area contributed by atoms with E-state index in [1.807, 2.05) is 46.3 Å². The van der Waals surface area contributed by atoms with Gasteiger partial charge in [0.1, 0.15) is 17.0 Å². The Balaban J connectivity index is 1.64. The number of benzene rings is 1. The zero-order chi connectivity index (χ0) is 20.3. The van der Waals surface area contributed by atoms with Crippen LogP contribution in [0.4, 0.5) is 13.2 Å². The molecule has 1 aromatic carbocycles. The van der Waals surface area contributed by atoms with Gasteiger partial charge in [0, 0.05) is 16.6 Å². The van der Waals surface area contributed by atoms with Crippen molar-refractivity contribution >= 4 is 17.0 Å². The van der Waals surface area contributed by atoms with Gasteiger partial charge in [-0.25, -0.2) is 4.98 Å². The van der Waals surface area contributed by atoms with Crippen molar-refractivity contribution in [3.8, 4) is 11.8 Å².